The summed E-state index contributed by atoms with van der Waals surface area (Å²) in [5, 5.41) is 12.2. The number of carbonyl (C=O) groups excluding carboxylic acids is 1. The van der Waals surface area contributed by atoms with Crippen LogP contribution in [0.2, 0.25) is 0 Å². The summed E-state index contributed by atoms with van der Waals surface area (Å²) in [6.07, 6.45) is 0.233. The van der Waals surface area contributed by atoms with Crippen LogP contribution in [0.5, 0.6) is 5.75 Å². The Labute approximate surface area is 113 Å². The Balaban J connectivity index is 2.81. The molecule has 1 aromatic carbocycles. The largest absolute Gasteiger partial charge is 0.495 e. The summed E-state index contributed by atoms with van der Waals surface area (Å²) in [7, 11) is 1.54. The standard InChI is InChI=1S/C14H18N2O3/c1-4-19-13(17)8-10(2)16-14-11(9-15)6-5-7-12(14)18-3/h5-7,10,16H,4,8H2,1-3H3. The summed E-state index contributed by atoms with van der Waals surface area (Å²) in [4.78, 5) is 11.4. The van der Waals surface area contributed by atoms with Crippen LogP contribution < -0.4 is 10.1 Å². The van der Waals surface area contributed by atoms with E-state index in [4.69, 9.17) is 14.7 Å². The Bertz CT molecular complexity index is 480. The van der Waals surface area contributed by atoms with Crippen molar-refractivity contribution in [3.63, 3.8) is 0 Å². The molecule has 0 saturated carbocycles. The molecule has 1 rings (SSSR count). The van der Waals surface area contributed by atoms with E-state index in [0.717, 1.165) is 0 Å². The highest BCUT2D eigenvalue weighted by molar-refractivity contribution is 5.72. The smallest absolute Gasteiger partial charge is 0.307 e. The van der Waals surface area contributed by atoms with Crippen molar-refractivity contribution in [2.75, 3.05) is 19.0 Å². The normalized spacial score (nSPS) is 11.3. The van der Waals surface area contributed by atoms with E-state index < -0.39 is 0 Å². The summed E-state index contributed by atoms with van der Waals surface area (Å²) in [6, 6.07) is 7.15. The van der Waals surface area contributed by atoms with Gasteiger partial charge in [0.2, 0.25) is 0 Å². The number of anilines is 1. The summed E-state index contributed by atoms with van der Waals surface area (Å²) < 4.78 is 10.1. The molecule has 0 amide bonds. The molecule has 0 heterocycles. The van der Waals surface area contributed by atoms with E-state index in [2.05, 4.69) is 11.4 Å². The van der Waals surface area contributed by atoms with Gasteiger partial charge in [0.25, 0.3) is 0 Å². The first-order chi connectivity index (χ1) is 9.12. The molecule has 0 aliphatic carbocycles. The molecule has 0 spiro atoms. The van der Waals surface area contributed by atoms with Crippen molar-refractivity contribution in [3.8, 4) is 11.8 Å². The number of benzene rings is 1. The van der Waals surface area contributed by atoms with E-state index in [1.54, 1.807) is 25.1 Å². The monoisotopic (exact) mass is 262 g/mol. The van der Waals surface area contributed by atoms with Gasteiger partial charge >= 0.3 is 5.97 Å². The maximum Gasteiger partial charge on any atom is 0.307 e. The maximum atomic E-state index is 11.4. The van der Waals surface area contributed by atoms with E-state index in [-0.39, 0.29) is 18.4 Å². The van der Waals surface area contributed by atoms with Gasteiger partial charge in [0.05, 0.1) is 31.4 Å². The fourth-order valence-corrected chi connectivity index (χ4v) is 1.71. The van der Waals surface area contributed by atoms with Gasteiger partial charge in [-0.1, -0.05) is 6.07 Å². The Hall–Kier alpha value is -2.22. The highest BCUT2D eigenvalue weighted by Crippen LogP contribution is 2.28. The molecule has 5 heteroatoms. The van der Waals surface area contributed by atoms with Gasteiger partial charge in [-0.05, 0) is 26.0 Å². The molecule has 0 aliphatic rings. The number of nitrogens with zero attached hydrogens (tertiary/aromatic N) is 1. The lowest BCUT2D eigenvalue weighted by molar-refractivity contribution is -0.143. The summed E-state index contributed by atoms with van der Waals surface area (Å²) >= 11 is 0. The number of carbonyl (C=O) groups is 1. The van der Waals surface area contributed by atoms with Crippen LogP contribution in [0.25, 0.3) is 0 Å². The Kier molecular flexibility index (Phi) is 5.68. The fraction of sp³-hybridized carbons (Fsp3) is 0.429. The Morgan fingerprint density at radius 3 is 2.84 bits per heavy atom. The topological polar surface area (TPSA) is 71.3 Å². The third-order valence-electron chi connectivity index (χ3n) is 2.54. The zero-order valence-electron chi connectivity index (χ0n) is 11.4. The number of hydrogen-bond acceptors (Lipinski definition) is 5. The zero-order valence-corrected chi connectivity index (χ0v) is 11.4. The first-order valence-electron chi connectivity index (χ1n) is 6.11. The molecule has 0 bridgehead atoms. The average Bonchev–Trinajstić information content (AvgIpc) is 2.39. The first kappa shape index (κ1) is 14.8. The molecule has 19 heavy (non-hydrogen) atoms. The molecule has 0 radical (unpaired) electrons. The molecule has 5 nitrogen and oxygen atoms in total. The van der Waals surface area contributed by atoms with Crippen molar-refractivity contribution in [1.29, 1.82) is 5.26 Å². The lowest BCUT2D eigenvalue weighted by Crippen LogP contribution is -2.21. The Morgan fingerprint density at radius 2 is 2.26 bits per heavy atom. The zero-order chi connectivity index (χ0) is 14.3. The number of esters is 1. The van der Waals surface area contributed by atoms with Crippen molar-refractivity contribution < 1.29 is 14.3 Å². The Morgan fingerprint density at radius 1 is 1.53 bits per heavy atom. The van der Waals surface area contributed by atoms with E-state index in [9.17, 15) is 4.79 Å². The van der Waals surface area contributed by atoms with Crippen LogP contribution in [-0.2, 0) is 9.53 Å². The van der Waals surface area contributed by atoms with E-state index in [1.807, 2.05) is 6.92 Å². The molecule has 1 aromatic rings. The quantitative estimate of drug-likeness (QED) is 0.796. The minimum absolute atomic E-state index is 0.151. The van der Waals surface area contributed by atoms with Crippen molar-refractivity contribution in [2.45, 2.75) is 26.3 Å². The first-order valence-corrected chi connectivity index (χ1v) is 6.11. The van der Waals surface area contributed by atoms with Crippen LogP contribution in [-0.4, -0.2) is 25.7 Å². The molecule has 0 fully saturated rings. The van der Waals surface area contributed by atoms with Crippen molar-refractivity contribution in [3.05, 3.63) is 23.8 Å². The number of rotatable bonds is 6. The van der Waals surface area contributed by atoms with Crippen LogP contribution >= 0.6 is 0 Å². The number of nitriles is 1. The number of methoxy groups -OCH3 is 1. The van der Waals surface area contributed by atoms with Crippen LogP contribution in [0.15, 0.2) is 18.2 Å². The second-order valence-electron chi connectivity index (χ2n) is 4.05. The maximum absolute atomic E-state index is 11.4. The molecule has 102 valence electrons. The summed E-state index contributed by atoms with van der Waals surface area (Å²) in [5.74, 6) is 0.311. The van der Waals surface area contributed by atoms with Gasteiger partial charge in [0, 0.05) is 6.04 Å². The minimum Gasteiger partial charge on any atom is -0.495 e. The number of para-hydroxylation sites is 1. The van der Waals surface area contributed by atoms with Crippen molar-refractivity contribution in [2.24, 2.45) is 0 Å². The fourth-order valence-electron chi connectivity index (χ4n) is 1.71. The third kappa shape index (κ3) is 4.18. The highest BCUT2D eigenvalue weighted by atomic mass is 16.5. The van der Waals surface area contributed by atoms with Crippen molar-refractivity contribution in [1.82, 2.24) is 0 Å². The van der Waals surface area contributed by atoms with Crippen LogP contribution in [0, 0.1) is 11.3 Å². The van der Waals surface area contributed by atoms with Crippen molar-refractivity contribution >= 4 is 11.7 Å². The van der Waals surface area contributed by atoms with Crippen LogP contribution in [0.1, 0.15) is 25.8 Å². The average molecular weight is 262 g/mol. The van der Waals surface area contributed by atoms with Gasteiger partial charge in [-0.2, -0.15) is 5.26 Å². The molecular formula is C14H18N2O3. The number of ether oxygens (including phenoxy) is 2. The number of hydrogen-bond donors (Lipinski definition) is 1. The SMILES string of the molecule is CCOC(=O)CC(C)Nc1c(C#N)cccc1OC. The highest BCUT2D eigenvalue weighted by Gasteiger charge is 2.14. The van der Waals surface area contributed by atoms with E-state index in [0.29, 0.717) is 23.6 Å². The molecule has 1 atom stereocenters. The number of nitrogens with one attached hydrogen (secondary N) is 1. The van der Waals surface area contributed by atoms with E-state index in [1.165, 1.54) is 7.11 Å². The lowest BCUT2D eigenvalue weighted by Gasteiger charge is -2.17. The lowest BCUT2D eigenvalue weighted by atomic mass is 10.1. The van der Waals surface area contributed by atoms with Crippen LogP contribution in [0.4, 0.5) is 5.69 Å². The molecule has 1 N–H and O–H groups in total. The summed E-state index contributed by atoms with van der Waals surface area (Å²) in [6.45, 7) is 3.98. The van der Waals surface area contributed by atoms with Gasteiger partial charge in [0.15, 0.2) is 0 Å². The van der Waals surface area contributed by atoms with Gasteiger partial charge in [-0.25, -0.2) is 0 Å². The van der Waals surface area contributed by atoms with Gasteiger partial charge in [0.1, 0.15) is 11.8 Å². The third-order valence-corrected chi connectivity index (χ3v) is 2.54. The second kappa shape index (κ2) is 7.27. The minimum atomic E-state index is -0.268. The second-order valence-corrected chi connectivity index (χ2v) is 4.05. The predicted octanol–water partition coefficient (Wildman–Crippen LogP) is 2.32. The molecule has 0 saturated heterocycles. The predicted molar refractivity (Wildman–Crippen MR) is 72.0 cm³/mol. The van der Waals surface area contributed by atoms with Gasteiger partial charge < -0.3 is 14.8 Å². The molecule has 0 aromatic heterocycles. The molecular weight excluding hydrogens is 244 g/mol. The van der Waals surface area contributed by atoms with E-state index >= 15 is 0 Å². The molecule has 0 aliphatic heterocycles. The van der Waals surface area contributed by atoms with Crippen LogP contribution in [0.3, 0.4) is 0 Å². The molecule has 1 unspecified atom stereocenters. The van der Waals surface area contributed by atoms with Gasteiger partial charge in [-0.3, -0.25) is 4.79 Å². The van der Waals surface area contributed by atoms with Gasteiger partial charge in [-0.15, -0.1) is 0 Å². The summed E-state index contributed by atoms with van der Waals surface area (Å²) in [5.41, 5.74) is 1.08.